The van der Waals surface area contributed by atoms with E-state index in [1.807, 2.05) is 27.7 Å². The highest BCUT2D eigenvalue weighted by Crippen LogP contribution is 2.03. The smallest absolute Gasteiger partial charge is 0.210 e. The van der Waals surface area contributed by atoms with Crippen LogP contribution in [0.2, 0.25) is 0 Å². The molecule has 0 aliphatic carbocycles. The van der Waals surface area contributed by atoms with Gasteiger partial charge in [-0.1, -0.05) is 0 Å². The summed E-state index contributed by atoms with van der Waals surface area (Å²) in [5.41, 5.74) is 0.982. The molecule has 1 amide bonds. The number of hydrogen-bond donors (Lipinski definition) is 0. The Kier molecular flexibility index (Phi) is 4.55. The molecule has 0 rings (SSSR count). The van der Waals surface area contributed by atoms with Crippen molar-refractivity contribution in [1.82, 2.24) is 4.90 Å². The van der Waals surface area contributed by atoms with E-state index in [2.05, 4.69) is 4.99 Å². The molecule has 0 spiro atoms. The predicted molar refractivity (Wildman–Crippen MR) is 51.5 cm³/mol. The van der Waals surface area contributed by atoms with Crippen LogP contribution in [0.25, 0.3) is 0 Å². The quantitative estimate of drug-likeness (QED) is 0.463. The lowest BCUT2D eigenvalue weighted by atomic mass is 10.1. The van der Waals surface area contributed by atoms with Crippen molar-refractivity contribution in [2.45, 2.75) is 39.8 Å². The monoisotopic (exact) mass is 170 g/mol. The molecule has 0 bridgehead atoms. The lowest BCUT2D eigenvalue weighted by molar-refractivity contribution is -0.120. The lowest BCUT2D eigenvalue weighted by Crippen LogP contribution is -2.41. The highest BCUT2D eigenvalue weighted by atomic mass is 16.1. The lowest BCUT2D eigenvalue weighted by Gasteiger charge is -2.28. The molecule has 12 heavy (non-hydrogen) atoms. The summed E-state index contributed by atoms with van der Waals surface area (Å²) in [6, 6.07) is 0.335. The Labute approximate surface area is 74.5 Å². The van der Waals surface area contributed by atoms with Gasteiger partial charge in [0.05, 0.1) is 6.04 Å². The number of carbonyl (C=O) groups is 1. The maximum Gasteiger partial charge on any atom is 0.210 e. The average molecular weight is 170 g/mol. The topological polar surface area (TPSA) is 32.7 Å². The Bertz CT molecular complexity index is 175. The van der Waals surface area contributed by atoms with Crippen molar-refractivity contribution in [2.75, 3.05) is 7.05 Å². The van der Waals surface area contributed by atoms with Crippen LogP contribution in [0.15, 0.2) is 4.99 Å². The summed E-state index contributed by atoms with van der Waals surface area (Å²) in [5.74, 6) is 0. The number of hydrogen-bond acceptors (Lipinski definition) is 2. The summed E-state index contributed by atoms with van der Waals surface area (Å²) in [6.45, 7) is 7.90. The molecule has 1 unspecified atom stereocenters. The molecular weight excluding hydrogens is 152 g/mol. The van der Waals surface area contributed by atoms with Gasteiger partial charge in [0.25, 0.3) is 0 Å². The van der Waals surface area contributed by atoms with E-state index in [9.17, 15) is 4.79 Å². The molecule has 0 N–H and O–H groups in total. The van der Waals surface area contributed by atoms with Gasteiger partial charge < -0.3 is 4.90 Å². The molecule has 0 heterocycles. The van der Waals surface area contributed by atoms with Gasteiger partial charge >= 0.3 is 0 Å². The Morgan fingerprint density at radius 2 is 1.92 bits per heavy atom. The van der Waals surface area contributed by atoms with Crippen molar-refractivity contribution in [3.05, 3.63) is 0 Å². The van der Waals surface area contributed by atoms with Crippen LogP contribution >= 0.6 is 0 Å². The summed E-state index contributed by atoms with van der Waals surface area (Å²) in [7, 11) is 1.75. The Balaban J connectivity index is 4.41. The fourth-order valence-electron chi connectivity index (χ4n) is 1.06. The summed E-state index contributed by atoms with van der Waals surface area (Å²) < 4.78 is 0. The third-order valence-electron chi connectivity index (χ3n) is 2.12. The third-order valence-corrected chi connectivity index (χ3v) is 2.12. The highest BCUT2D eigenvalue weighted by molar-refractivity contribution is 5.88. The molecule has 0 radical (unpaired) electrons. The zero-order valence-corrected chi connectivity index (χ0v) is 8.53. The fourth-order valence-corrected chi connectivity index (χ4v) is 1.06. The van der Waals surface area contributed by atoms with Gasteiger partial charge in [0.1, 0.15) is 0 Å². The number of rotatable bonds is 4. The van der Waals surface area contributed by atoms with Crippen LogP contribution in [0.1, 0.15) is 27.7 Å². The van der Waals surface area contributed by atoms with Crippen LogP contribution in [0.3, 0.4) is 0 Å². The summed E-state index contributed by atoms with van der Waals surface area (Å²) >= 11 is 0. The molecule has 0 saturated heterocycles. The van der Waals surface area contributed by atoms with Crippen molar-refractivity contribution >= 4 is 12.1 Å². The van der Waals surface area contributed by atoms with Gasteiger partial charge in [-0.15, -0.1) is 0 Å². The van der Waals surface area contributed by atoms with Crippen LogP contribution in [0.5, 0.6) is 0 Å². The van der Waals surface area contributed by atoms with E-state index < -0.39 is 0 Å². The van der Waals surface area contributed by atoms with E-state index in [4.69, 9.17) is 0 Å². The molecule has 0 saturated carbocycles. The van der Waals surface area contributed by atoms with Gasteiger partial charge in [0.2, 0.25) is 6.41 Å². The second-order valence-corrected chi connectivity index (χ2v) is 3.19. The van der Waals surface area contributed by atoms with E-state index in [1.165, 1.54) is 0 Å². The Morgan fingerprint density at radius 1 is 1.42 bits per heavy atom. The van der Waals surface area contributed by atoms with Gasteiger partial charge in [-0.2, -0.15) is 0 Å². The highest BCUT2D eigenvalue weighted by Gasteiger charge is 2.16. The molecule has 0 aromatic carbocycles. The van der Waals surface area contributed by atoms with E-state index in [0.29, 0.717) is 0 Å². The van der Waals surface area contributed by atoms with Crippen molar-refractivity contribution < 1.29 is 4.79 Å². The molecule has 0 aromatic rings. The van der Waals surface area contributed by atoms with Crippen LogP contribution in [0.4, 0.5) is 0 Å². The van der Waals surface area contributed by atoms with Crippen molar-refractivity contribution in [2.24, 2.45) is 4.99 Å². The minimum Gasteiger partial charge on any atom is -0.335 e. The first-order valence-electron chi connectivity index (χ1n) is 4.20. The zero-order chi connectivity index (χ0) is 9.72. The number of amides is 1. The summed E-state index contributed by atoms with van der Waals surface area (Å²) in [4.78, 5) is 16.5. The zero-order valence-electron chi connectivity index (χ0n) is 8.53. The minimum absolute atomic E-state index is 0.104. The normalized spacial score (nSPS) is 14.7. The molecular formula is C9H18N2O. The van der Waals surface area contributed by atoms with Crippen LogP contribution in [-0.4, -0.2) is 36.2 Å². The number of aliphatic imine (C=N–C) groups is 1. The predicted octanol–water partition coefficient (Wildman–Crippen LogP) is 1.33. The molecule has 0 aromatic heterocycles. The Hall–Kier alpha value is -0.860. The second kappa shape index (κ2) is 4.91. The molecule has 3 heteroatoms. The standard InChI is InChI=1S/C9H18N2O/c1-7(2)11(6-12)9(4)8(3)10-5/h6-7,9H,1-5H3. The average Bonchev–Trinajstić information content (AvgIpc) is 2.03. The SMILES string of the molecule is CN=C(C)C(C)N(C=O)C(C)C. The maximum absolute atomic E-state index is 10.7. The fraction of sp³-hybridized carbons (Fsp3) is 0.778. The molecule has 3 nitrogen and oxygen atoms in total. The van der Waals surface area contributed by atoms with Gasteiger partial charge in [-0.05, 0) is 27.7 Å². The van der Waals surface area contributed by atoms with Gasteiger partial charge in [0, 0.05) is 18.8 Å². The molecule has 1 atom stereocenters. The third kappa shape index (κ3) is 2.64. The minimum atomic E-state index is 0.104. The van der Waals surface area contributed by atoms with Crippen LogP contribution in [0, 0.1) is 0 Å². The van der Waals surface area contributed by atoms with Crippen molar-refractivity contribution in [3.8, 4) is 0 Å². The second-order valence-electron chi connectivity index (χ2n) is 3.19. The first-order valence-corrected chi connectivity index (χ1v) is 4.20. The van der Waals surface area contributed by atoms with Gasteiger partial charge in [-0.3, -0.25) is 9.79 Å². The first kappa shape index (κ1) is 11.1. The molecule has 0 aliphatic heterocycles. The van der Waals surface area contributed by atoms with E-state index in [-0.39, 0.29) is 12.1 Å². The first-order chi connectivity index (χ1) is 5.54. The van der Waals surface area contributed by atoms with E-state index >= 15 is 0 Å². The van der Waals surface area contributed by atoms with Crippen molar-refractivity contribution in [1.29, 1.82) is 0 Å². The number of carbonyl (C=O) groups excluding carboxylic acids is 1. The van der Waals surface area contributed by atoms with Crippen LogP contribution in [-0.2, 0) is 4.79 Å². The molecule has 70 valence electrons. The van der Waals surface area contributed by atoms with E-state index in [0.717, 1.165) is 12.1 Å². The largest absolute Gasteiger partial charge is 0.335 e. The number of nitrogens with zero attached hydrogens (tertiary/aromatic N) is 2. The summed E-state index contributed by atoms with van der Waals surface area (Å²) in [6.07, 6.45) is 0.879. The summed E-state index contributed by atoms with van der Waals surface area (Å²) in [5, 5.41) is 0. The molecule has 0 fully saturated rings. The van der Waals surface area contributed by atoms with Crippen molar-refractivity contribution in [3.63, 3.8) is 0 Å². The van der Waals surface area contributed by atoms with Gasteiger partial charge in [0.15, 0.2) is 0 Å². The van der Waals surface area contributed by atoms with Crippen LogP contribution < -0.4 is 0 Å². The maximum atomic E-state index is 10.7. The van der Waals surface area contributed by atoms with E-state index in [1.54, 1.807) is 11.9 Å². The van der Waals surface area contributed by atoms with Gasteiger partial charge in [-0.25, -0.2) is 0 Å². The molecule has 0 aliphatic rings. The Morgan fingerprint density at radius 3 is 2.17 bits per heavy atom.